The number of benzene rings is 1. The van der Waals surface area contributed by atoms with Gasteiger partial charge in [0.05, 0.1) is 17.2 Å². The van der Waals surface area contributed by atoms with Crippen LogP contribution >= 0.6 is 0 Å². The van der Waals surface area contributed by atoms with Crippen LogP contribution in [0.2, 0.25) is 0 Å². The lowest BCUT2D eigenvalue weighted by molar-refractivity contribution is -0.384. The van der Waals surface area contributed by atoms with Gasteiger partial charge in [0.15, 0.2) is 0 Å². The normalized spacial score (nSPS) is 10.4. The van der Waals surface area contributed by atoms with Crippen LogP contribution in [0.5, 0.6) is 0 Å². The summed E-state index contributed by atoms with van der Waals surface area (Å²) in [5.74, 6) is -0.625. The summed E-state index contributed by atoms with van der Waals surface area (Å²) in [7, 11) is 0. The van der Waals surface area contributed by atoms with Crippen molar-refractivity contribution in [3.05, 3.63) is 46.5 Å². The van der Waals surface area contributed by atoms with Crippen LogP contribution < -0.4 is 5.32 Å². The van der Waals surface area contributed by atoms with Crippen molar-refractivity contribution in [2.75, 3.05) is 11.9 Å². The average molecular weight is 265 g/mol. The van der Waals surface area contributed by atoms with Crippen LogP contribution in [-0.2, 0) is 6.54 Å². The molecule has 8 heteroatoms. The number of nitrogens with zero attached hydrogens (tertiary/aromatic N) is 4. The molecule has 0 unspecified atom stereocenters. The van der Waals surface area contributed by atoms with Crippen LogP contribution in [-0.4, -0.2) is 26.5 Å². The Morgan fingerprint density at radius 1 is 1.47 bits per heavy atom. The van der Waals surface area contributed by atoms with E-state index in [1.165, 1.54) is 12.1 Å². The Labute approximate surface area is 108 Å². The summed E-state index contributed by atoms with van der Waals surface area (Å²) in [4.78, 5) is 10.2. The highest BCUT2D eigenvalue weighted by Gasteiger charge is 2.14. The molecule has 0 amide bonds. The highest BCUT2D eigenvalue weighted by molar-refractivity contribution is 5.61. The zero-order chi connectivity index (χ0) is 13.7. The van der Waals surface area contributed by atoms with E-state index < -0.39 is 10.7 Å². The zero-order valence-electron chi connectivity index (χ0n) is 9.99. The first-order valence-corrected chi connectivity index (χ1v) is 5.69. The molecule has 2 aromatic rings. The number of aryl methyl sites for hydroxylation is 1. The first-order chi connectivity index (χ1) is 9.16. The third-order valence-corrected chi connectivity index (χ3v) is 2.51. The zero-order valence-corrected chi connectivity index (χ0v) is 9.99. The summed E-state index contributed by atoms with van der Waals surface area (Å²) >= 11 is 0. The SMILES string of the molecule is O=[N+]([O-])c1cc(F)ccc1NCCCn1ccnn1. The van der Waals surface area contributed by atoms with Gasteiger partial charge in [-0.1, -0.05) is 5.21 Å². The van der Waals surface area contributed by atoms with Gasteiger partial charge in [0.2, 0.25) is 0 Å². The molecule has 2 rings (SSSR count). The minimum Gasteiger partial charge on any atom is -0.379 e. The lowest BCUT2D eigenvalue weighted by Gasteiger charge is -2.07. The Morgan fingerprint density at radius 3 is 3.00 bits per heavy atom. The number of nitro benzene ring substituents is 1. The molecule has 0 atom stereocenters. The van der Waals surface area contributed by atoms with Crippen molar-refractivity contribution in [3.8, 4) is 0 Å². The van der Waals surface area contributed by atoms with E-state index in [9.17, 15) is 14.5 Å². The van der Waals surface area contributed by atoms with Gasteiger partial charge in [-0.3, -0.25) is 14.8 Å². The first kappa shape index (κ1) is 12.9. The van der Waals surface area contributed by atoms with Crippen molar-refractivity contribution >= 4 is 11.4 Å². The fraction of sp³-hybridized carbons (Fsp3) is 0.273. The molecule has 0 saturated heterocycles. The molecule has 0 spiro atoms. The lowest BCUT2D eigenvalue weighted by Crippen LogP contribution is -2.08. The monoisotopic (exact) mass is 265 g/mol. The maximum Gasteiger partial charge on any atom is 0.295 e. The largest absolute Gasteiger partial charge is 0.379 e. The summed E-state index contributed by atoms with van der Waals surface area (Å²) in [6, 6.07) is 3.45. The van der Waals surface area contributed by atoms with Crippen molar-refractivity contribution in [2.45, 2.75) is 13.0 Å². The Balaban J connectivity index is 1.90. The fourth-order valence-electron chi connectivity index (χ4n) is 1.62. The standard InChI is InChI=1S/C11H12FN5O2/c12-9-2-3-10(11(8-9)17(18)19)13-4-1-6-16-7-5-14-15-16/h2-3,5,7-8,13H,1,4,6H2. The second-order valence-corrected chi connectivity index (χ2v) is 3.87. The summed E-state index contributed by atoms with van der Waals surface area (Å²) in [5.41, 5.74) is 0.0470. The molecule has 1 N–H and O–H groups in total. The van der Waals surface area contributed by atoms with Gasteiger partial charge in [-0.15, -0.1) is 5.10 Å². The van der Waals surface area contributed by atoms with Crippen molar-refractivity contribution in [3.63, 3.8) is 0 Å². The van der Waals surface area contributed by atoms with E-state index >= 15 is 0 Å². The van der Waals surface area contributed by atoms with Gasteiger partial charge in [0, 0.05) is 19.3 Å². The number of hydrogen-bond acceptors (Lipinski definition) is 5. The van der Waals surface area contributed by atoms with E-state index in [0.717, 1.165) is 12.5 Å². The number of rotatable bonds is 6. The summed E-state index contributed by atoms with van der Waals surface area (Å²) < 4.78 is 14.6. The predicted octanol–water partition coefficient (Wildman–Crippen LogP) is 1.83. The minimum atomic E-state index is -0.625. The van der Waals surface area contributed by atoms with Crippen molar-refractivity contribution in [1.82, 2.24) is 15.0 Å². The second kappa shape index (κ2) is 5.89. The van der Waals surface area contributed by atoms with Crippen LogP contribution in [0.4, 0.5) is 15.8 Å². The molecule has 0 fully saturated rings. The molecule has 19 heavy (non-hydrogen) atoms. The predicted molar refractivity (Wildman–Crippen MR) is 66.2 cm³/mol. The minimum absolute atomic E-state index is 0.263. The van der Waals surface area contributed by atoms with Gasteiger partial charge in [0.1, 0.15) is 11.5 Å². The molecule has 0 aliphatic rings. The van der Waals surface area contributed by atoms with Crippen molar-refractivity contribution in [1.29, 1.82) is 0 Å². The molecule has 0 saturated carbocycles. The van der Waals surface area contributed by atoms with Crippen molar-refractivity contribution in [2.24, 2.45) is 0 Å². The van der Waals surface area contributed by atoms with Crippen LogP contribution in [0.25, 0.3) is 0 Å². The lowest BCUT2D eigenvalue weighted by atomic mass is 10.2. The highest BCUT2D eigenvalue weighted by atomic mass is 19.1. The molecule has 0 radical (unpaired) electrons. The number of anilines is 1. The van der Waals surface area contributed by atoms with E-state index in [4.69, 9.17) is 0 Å². The van der Waals surface area contributed by atoms with Crippen molar-refractivity contribution < 1.29 is 9.31 Å². The van der Waals surface area contributed by atoms with E-state index in [1.54, 1.807) is 17.1 Å². The number of halogens is 1. The molecule has 0 bridgehead atoms. The van der Waals surface area contributed by atoms with Gasteiger partial charge in [-0.05, 0) is 18.6 Å². The van der Waals surface area contributed by atoms with Gasteiger partial charge in [-0.25, -0.2) is 4.39 Å². The average Bonchev–Trinajstić information content (AvgIpc) is 2.89. The topological polar surface area (TPSA) is 85.9 Å². The van der Waals surface area contributed by atoms with Crippen LogP contribution in [0.3, 0.4) is 0 Å². The van der Waals surface area contributed by atoms with Gasteiger partial charge < -0.3 is 5.32 Å². The summed E-state index contributed by atoms with van der Waals surface area (Å²) in [5, 5.41) is 21.2. The molecule has 100 valence electrons. The van der Waals surface area contributed by atoms with Gasteiger partial charge >= 0.3 is 0 Å². The van der Waals surface area contributed by atoms with E-state index in [2.05, 4.69) is 15.6 Å². The van der Waals surface area contributed by atoms with E-state index in [1.807, 2.05) is 0 Å². The molecule has 0 aliphatic heterocycles. The Bertz CT molecular complexity index is 558. The molecule has 1 aromatic carbocycles. The Kier molecular flexibility index (Phi) is 4.01. The van der Waals surface area contributed by atoms with Crippen LogP contribution in [0.15, 0.2) is 30.6 Å². The quantitative estimate of drug-likeness (QED) is 0.489. The van der Waals surface area contributed by atoms with Gasteiger partial charge in [0.25, 0.3) is 5.69 Å². The first-order valence-electron chi connectivity index (χ1n) is 5.69. The molecule has 1 heterocycles. The number of nitrogens with one attached hydrogen (secondary N) is 1. The number of aromatic nitrogens is 3. The Hall–Kier alpha value is -2.51. The maximum atomic E-state index is 12.9. The fourth-order valence-corrected chi connectivity index (χ4v) is 1.62. The third-order valence-electron chi connectivity index (χ3n) is 2.51. The highest BCUT2D eigenvalue weighted by Crippen LogP contribution is 2.24. The third kappa shape index (κ3) is 3.47. The molecular weight excluding hydrogens is 253 g/mol. The number of hydrogen-bond donors (Lipinski definition) is 1. The molecular formula is C11H12FN5O2. The summed E-state index contributed by atoms with van der Waals surface area (Å²) in [6.45, 7) is 1.17. The van der Waals surface area contributed by atoms with E-state index in [0.29, 0.717) is 18.8 Å². The molecule has 1 aromatic heterocycles. The second-order valence-electron chi connectivity index (χ2n) is 3.87. The molecule has 0 aliphatic carbocycles. The number of nitro groups is 1. The van der Waals surface area contributed by atoms with Crippen LogP contribution in [0, 0.1) is 15.9 Å². The Morgan fingerprint density at radius 2 is 2.32 bits per heavy atom. The van der Waals surface area contributed by atoms with Gasteiger partial charge in [-0.2, -0.15) is 0 Å². The van der Waals surface area contributed by atoms with Crippen LogP contribution in [0.1, 0.15) is 6.42 Å². The smallest absolute Gasteiger partial charge is 0.295 e. The maximum absolute atomic E-state index is 12.9. The van der Waals surface area contributed by atoms with E-state index in [-0.39, 0.29) is 5.69 Å². The summed E-state index contributed by atoms with van der Waals surface area (Å²) in [6.07, 6.45) is 4.04. The molecule has 7 nitrogen and oxygen atoms in total.